The number of hydrogen-bond donors (Lipinski definition) is 2. The van der Waals surface area contributed by atoms with Crippen LogP contribution in [-0.4, -0.2) is 28.3 Å². The smallest absolute Gasteiger partial charge is 0.184 e. The molecule has 20 heavy (non-hydrogen) atoms. The molecule has 0 atom stereocenters. The number of nitrogens with zero attached hydrogens (tertiary/aromatic N) is 2. The average molecular weight is 292 g/mol. The molecule has 0 radical (unpaired) electrons. The summed E-state index contributed by atoms with van der Waals surface area (Å²) in [6, 6.07) is 9.34. The van der Waals surface area contributed by atoms with Crippen molar-refractivity contribution >= 4 is 23.5 Å². The summed E-state index contributed by atoms with van der Waals surface area (Å²) >= 11 is 4.70. The highest BCUT2D eigenvalue weighted by atomic mass is 32.1. The zero-order valence-corrected chi connectivity index (χ0v) is 13.4. The van der Waals surface area contributed by atoms with Crippen LogP contribution in [0.1, 0.15) is 38.8 Å². The molecule has 1 aromatic carbocycles. The molecule has 0 spiro atoms. The zero-order valence-electron chi connectivity index (χ0n) is 12.6. The second kappa shape index (κ2) is 7.97. The lowest BCUT2D eigenvalue weighted by atomic mass is 10.1. The number of benzene rings is 1. The lowest BCUT2D eigenvalue weighted by Gasteiger charge is -2.30. The normalized spacial score (nSPS) is 11.8. The summed E-state index contributed by atoms with van der Waals surface area (Å²) < 4.78 is 0. The maximum absolute atomic E-state index is 5.32. The van der Waals surface area contributed by atoms with Gasteiger partial charge in [0.15, 0.2) is 5.11 Å². The second-order valence-electron chi connectivity index (χ2n) is 5.34. The van der Waals surface area contributed by atoms with Gasteiger partial charge in [-0.1, -0.05) is 18.2 Å². The minimum Gasteiger partial charge on any atom is -0.375 e. The molecule has 5 heteroatoms. The predicted molar refractivity (Wildman–Crippen MR) is 89.8 cm³/mol. The largest absolute Gasteiger partial charge is 0.375 e. The molecule has 110 valence electrons. The Kier molecular flexibility index (Phi) is 6.61. The summed E-state index contributed by atoms with van der Waals surface area (Å²) in [6.45, 7) is 9.81. The topological polar surface area (TPSA) is 53.6 Å². The Morgan fingerprint density at radius 3 is 2.55 bits per heavy atom. The zero-order chi connectivity index (χ0) is 15.1. The van der Waals surface area contributed by atoms with Gasteiger partial charge < -0.3 is 5.73 Å². The summed E-state index contributed by atoms with van der Waals surface area (Å²) in [5, 5.41) is 4.15. The van der Waals surface area contributed by atoms with Crippen molar-refractivity contribution in [3.05, 3.63) is 35.4 Å². The molecular weight excluding hydrogens is 268 g/mol. The van der Waals surface area contributed by atoms with Crippen LogP contribution in [0.15, 0.2) is 29.4 Å². The van der Waals surface area contributed by atoms with Crippen LogP contribution >= 0.6 is 12.2 Å². The van der Waals surface area contributed by atoms with Crippen LogP contribution in [0.2, 0.25) is 0 Å². The lowest BCUT2D eigenvalue weighted by molar-refractivity contribution is 0.166. The highest BCUT2D eigenvalue weighted by molar-refractivity contribution is 7.80. The fraction of sp³-hybridized carbons (Fsp3) is 0.467. The molecule has 3 N–H and O–H groups in total. The maximum Gasteiger partial charge on any atom is 0.184 e. The standard InChI is InChI=1S/C15H24N4S/c1-11(2)19(12(3)4)10-14-7-5-6-13(8-14)9-17-18-15(16)20/h5-9,11-12H,10H2,1-4H3,(H3,16,18,20). The van der Waals surface area contributed by atoms with Gasteiger partial charge in [0.2, 0.25) is 0 Å². The fourth-order valence-corrected chi connectivity index (χ4v) is 2.17. The van der Waals surface area contributed by atoms with Gasteiger partial charge in [-0.3, -0.25) is 10.3 Å². The van der Waals surface area contributed by atoms with Crippen molar-refractivity contribution in [2.75, 3.05) is 0 Å². The Morgan fingerprint density at radius 1 is 1.35 bits per heavy atom. The first-order chi connectivity index (χ1) is 9.40. The molecule has 0 aliphatic heterocycles. The second-order valence-corrected chi connectivity index (χ2v) is 5.78. The van der Waals surface area contributed by atoms with Crippen LogP contribution < -0.4 is 11.2 Å². The van der Waals surface area contributed by atoms with Gasteiger partial charge in [-0.25, -0.2) is 0 Å². The molecule has 0 aliphatic carbocycles. The van der Waals surface area contributed by atoms with Crippen molar-refractivity contribution in [2.45, 2.75) is 46.3 Å². The van der Waals surface area contributed by atoms with E-state index in [0.29, 0.717) is 12.1 Å². The predicted octanol–water partition coefficient (Wildman–Crippen LogP) is 2.47. The van der Waals surface area contributed by atoms with Gasteiger partial charge in [0.25, 0.3) is 0 Å². The van der Waals surface area contributed by atoms with E-state index in [0.717, 1.165) is 12.1 Å². The number of thiocarbonyl (C=S) groups is 1. The lowest BCUT2D eigenvalue weighted by Crippen LogP contribution is -2.36. The minimum atomic E-state index is 0.170. The summed E-state index contributed by atoms with van der Waals surface area (Å²) in [7, 11) is 0. The summed E-state index contributed by atoms with van der Waals surface area (Å²) in [6.07, 6.45) is 1.72. The van der Waals surface area contributed by atoms with E-state index in [-0.39, 0.29) is 5.11 Å². The number of rotatable bonds is 6. The van der Waals surface area contributed by atoms with Gasteiger partial charge in [-0.05, 0) is 57.1 Å². The van der Waals surface area contributed by atoms with E-state index in [1.807, 2.05) is 12.1 Å². The number of nitrogens with two attached hydrogens (primary N) is 1. The number of hydrogen-bond acceptors (Lipinski definition) is 3. The van der Waals surface area contributed by atoms with Crippen LogP contribution in [-0.2, 0) is 6.54 Å². The molecule has 0 fully saturated rings. The minimum absolute atomic E-state index is 0.170. The first-order valence-electron chi connectivity index (χ1n) is 6.83. The molecule has 0 saturated carbocycles. The van der Waals surface area contributed by atoms with Gasteiger partial charge in [0.1, 0.15) is 0 Å². The van der Waals surface area contributed by atoms with Crippen molar-refractivity contribution in [1.29, 1.82) is 0 Å². The molecule has 0 unspecified atom stereocenters. The SMILES string of the molecule is CC(C)N(Cc1cccc(C=NNC(N)=S)c1)C(C)C. The Balaban J connectivity index is 2.77. The van der Waals surface area contributed by atoms with Crippen molar-refractivity contribution in [2.24, 2.45) is 10.8 Å². The Morgan fingerprint density at radius 2 is 2.00 bits per heavy atom. The quantitative estimate of drug-likeness (QED) is 0.480. The van der Waals surface area contributed by atoms with E-state index >= 15 is 0 Å². The molecule has 0 aromatic heterocycles. The van der Waals surface area contributed by atoms with E-state index in [1.165, 1.54) is 5.56 Å². The Bertz CT molecular complexity index is 461. The molecule has 4 nitrogen and oxygen atoms in total. The number of hydrazone groups is 1. The average Bonchev–Trinajstić information content (AvgIpc) is 2.35. The summed E-state index contributed by atoms with van der Waals surface area (Å²) in [5.74, 6) is 0. The molecule has 0 bridgehead atoms. The third kappa shape index (κ3) is 5.67. The van der Waals surface area contributed by atoms with E-state index in [4.69, 9.17) is 18.0 Å². The van der Waals surface area contributed by atoms with Crippen LogP contribution in [0.25, 0.3) is 0 Å². The van der Waals surface area contributed by atoms with Crippen molar-refractivity contribution in [1.82, 2.24) is 10.3 Å². The van der Waals surface area contributed by atoms with Crippen LogP contribution in [0, 0.1) is 0 Å². The van der Waals surface area contributed by atoms with Gasteiger partial charge in [-0.2, -0.15) is 5.10 Å². The summed E-state index contributed by atoms with van der Waals surface area (Å²) in [5.41, 5.74) is 10.2. The van der Waals surface area contributed by atoms with Crippen molar-refractivity contribution in [3.8, 4) is 0 Å². The molecule has 0 saturated heterocycles. The Hall–Kier alpha value is -1.46. The summed E-state index contributed by atoms with van der Waals surface area (Å²) in [4.78, 5) is 2.45. The van der Waals surface area contributed by atoms with Crippen molar-refractivity contribution < 1.29 is 0 Å². The molecule has 0 amide bonds. The maximum atomic E-state index is 5.32. The van der Waals surface area contributed by atoms with E-state index in [1.54, 1.807) is 6.21 Å². The highest BCUT2D eigenvalue weighted by Crippen LogP contribution is 2.13. The van der Waals surface area contributed by atoms with Gasteiger partial charge in [0, 0.05) is 18.6 Å². The van der Waals surface area contributed by atoms with Gasteiger partial charge in [0.05, 0.1) is 6.21 Å². The first kappa shape index (κ1) is 16.6. The molecular formula is C15H24N4S. The third-order valence-electron chi connectivity index (χ3n) is 3.03. The first-order valence-corrected chi connectivity index (χ1v) is 7.24. The van der Waals surface area contributed by atoms with E-state index < -0.39 is 0 Å². The van der Waals surface area contributed by atoms with Crippen LogP contribution in [0.5, 0.6) is 0 Å². The van der Waals surface area contributed by atoms with Gasteiger partial charge >= 0.3 is 0 Å². The highest BCUT2D eigenvalue weighted by Gasteiger charge is 2.13. The fourth-order valence-electron chi connectivity index (χ4n) is 2.11. The van der Waals surface area contributed by atoms with Gasteiger partial charge in [-0.15, -0.1) is 0 Å². The van der Waals surface area contributed by atoms with E-state index in [9.17, 15) is 0 Å². The molecule has 0 heterocycles. The van der Waals surface area contributed by atoms with Crippen LogP contribution in [0.4, 0.5) is 0 Å². The third-order valence-corrected chi connectivity index (χ3v) is 3.12. The Labute approximate surface area is 127 Å². The monoisotopic (exact) mass is 292 g/mol. The van der Waals surface area contributed by atoms with Crippen LogP contribution in [0.3, 0.4) is 0 Å². The van der Waals surface area contributed by atoms with E-state index in [2.05, 4.69) is 55.3 Å². The molecule has 1 aromatic rings. The number of nitrogens with one attached hydrogen (secondary N) is 1. The molecule has 0 aliphatic rings. The molecule has 1 rings (SSSR count). The van der Waals surface area contributed by atoms with Crippen molar-refractivity contribution in [3.63, 3.8) is 0 Å².